The molecular formula is C2H9FOSi. The third-order valence-corrected chi connectivity index (χ3v) is 0. The molecular weight excluding hydrogens is 87.1 g/mol. The molecule has 0 saturated heterocycles. The van der Waals surface area contributed by atoms with Crippen molar-refractivity contribution in [3.63, 3.8) is 0 Å². The van der Waals surface area contributed by atoms with Gasteiger partial charge in [-0.15, -0.1) is 0 Å². The molecule has 1 nitrogen and oxygen atoms in total. The molecule has 0 unspecified atom stereocenters. The summed E-state index contributed by atoms with van der Waals surface area (Å²) in [7, 11) is -0.194. The Morgan fingerprint density at radius 1 is 1.80 bits per heavy atom. The lowest BCUT2D eigenvalue weighted by Gasteiger charge is -1.52. The highest BCUT2D eigenvalue weighted by Gasteiger charge is 1.34. The van der Waals surface area contributed by atoms with Crippen molar-refractivity contribution in [2.75, 3.05) is 6.61 Å². The summed E-state index contributed by atoms with van der Waals surface area (Å²) in [5, 5.41) is 7.57. The van der Waals surface area contributed by atoms with Gasteiger partial charge in [0.2, 0.25) is 10.6 Å². The van der Waals surface area contributed by atoms with Crippen LogP contribution in [0.2, 0.25) is 0 Å². The van der Waals surface area contributed by atoms with E-state index in [4.69, 9.17) is 5.11 Å². The van der Waals surface area contributed by atoms with E-state index in [1.807, 2.05) is 0 Å². The number of halogens is 1. The van der Waals surface area contributed by atoms with Gasteiger partial charge < -0.3 is 9.21 Å². The molecule has 0 amide bonds. The molecule has 0 heterocycles. The Balaban J connectivity index is 0. The first-order valence-electron chi connectivity index (χ1n) is 1.40. The van der Waals surface area contributed by atoms with Crippen molar-refractivity contribution >= 4 is 10.6 Å². The zero-order valence-electron chi connectivity index (χ0n) is 3.53. The zero-order chi connectivity index (χ0) is 4.71. The predicted molar refractivity (Wildman–Crippen MR) is 23.8 cm³/mol. The van der Waals surface area contributed by atoms with Gasteiger partial charge in [-0.2, -0.15) is 0 Å². The van der Waals surface area contributed by atoms with E-state index >= 15 is 0 Å². The van der Waals surface area contributed by atoms with Gasteiger partial charge in [-0.1, -0.05) is 0 Å². The Morgan fingerprint density at radius 2 is 1.80 bits per heavy atom. The van der Waals surface area contributed by atoms with E-state index in [0.29, 0.717) is 0 Å². The molecule has 0 aliphatic carbocycles. The van der Waals surface area contributed by atoms with Crippen molar-refractivity contribution in [3.8, 4) is 0 Å². The second-order valence-electron chi connectivity index (χ2n) is 0.316. The van der Waals surface area contributed by atoms with Crippen LogP contribution in [-0.2, 0) is 0 Å². The first-order chi connectivity index (χ1) is 2.41. The maximum Gasteiger partial charge on any atom is 0.201 e. The van der Waals surface area contributed by atoms with E-state index in [0.717, 1.165) is 0 Å². The Morgan fingerprint density at radius 3 is 1.80 bits per heavy atom. The average molecular weight is 96.2 g/mol. The molecule has 5 heavy (non-hydrogen) atoms. The SMILES string of the molecule is CCO.F[SiH3]. The molecule has 0 aliphatic rings. The third kappa shape index (κ3) is 1600. The number of rotatable bonds is 0. The smallest absolute Gasteiger partial charge is 0.201 e. The van der Waals surface area contributed by atoms with Gasteiger partial charge in [-0.3, -0.25) is 0 Å². The Hall–Kier alpha value is 0.107. The number of aliphatic hydroxyl groups excluding tert-OH is 1. The minimum Gasteiger partial charge on any atom is -0.397 e. The van der Waals surface area contributed by atoms with Gasteiger partial charge in [0.15, 0.2) is 0 Å². The number of aliphatic hydroxyl groups is 1. The van der Waals surface area contributed by atoms with Crippen LogP contribution in [0.3, 0.4) is 0 Å². The topological polar surface area (TPSA) is 20.2 Å². The first-order valence-corrected chi connectivity index (χ1v) is 2.16. The minimum atomic E-state index is -0.194. The lowest BCUT2D eigenvalue weighted by Crippen LogP contribution is -1.57. The van der Waals surface area contributed by atoms with E-state index < -0.39 is 0 Å². The Bertz CT molecular complexity index is 9.61. The molecule has 0 aromatic rings. The monoisotopic (exact) mass is 96.0 g/mol. The van der Waals surface area contributed by atoms with E-state index in [2.05, 4.69) is 0 Å². The number of hydrogen-bond donors (Lipinski definition) is 1. The van der Waals surface area contributed by atoms with Crippen molar-refractivity contribution in [3.05, 3.63) is 0 Å². The quantitative estimate of drug-likeness (QED) is 0.310. The molecule has 34 valence electrons. The van der Waals surface area contributed by atoms with Gasteiger partial charge in [0.1, 0.15) is 0 Å². The molecule has 1 N–H and O–H groups in total. The summed E-state index contributed by atoms with van der Waals surface area (Å²) in [6, 6.07) is 0. The molecule has 0 aliphatic heterocycles. The normalized spacial score (nSPS) is 5.40. The molecule has 0 aromatic carbocycles. The minimum absolute atomic E-state index is 0.194. The van der Waals surface area contributed by atoms with Crippen LogP contribution >= 0.6 is 0 Å². The summed E-state index contributed by atoms with van der Waals surface area (Å²) in [5.41, 5.74) is 0. The first kappa shape index (κ1) is 8.92. The van der Waals surface area contributed by atoms with Crippen LogP contribution in [-0.4, -0.2) is 22.3 Å². The molecule has 0 saturated carbocycles. The Kier molecular flexibility index (Phi) is 57.7. The fraction of sp³-hybridized carbons (Fsp3) is 1.00. The summed E-state index contributed by atoms with van der Waals surface area (Å²) < 4.78 is 9.64. The van der Waals surface area contributed by atoms with Crippen molar-refractivity contribution in [1.29, 1.82) is 0 Å². The molecule has 0 fully saturated rings. The molecule has 0 radical (unpaired) electrons. The largest absolute Gasteiger partial charge is 0.397 e. The second-order valence-corrected chi connectivity index (χ2v) is 0.316. The summed E-state index contributed by atoms with van der Waals surface area (Å²) in [5.74, 6) is 0. The standard InChI is InChI=1S/C2H6O.FH3Si/c1-2-3;1-2/h3H,2H2,1H3;2H3. The molecule has 0 atom stereocenters. The van der Waals surface area contributed by atoms with Gasteiger partial charge in [0, 0.05) is 6.61 Å². The van der Waals surface area contributed by atoms with E-state index in [-0.39, 0.29) is 17.2 Å². The van der Waals surface area contributed by atoms with Gasteiger partial charge in [0.25, 0.3) is 0 Å². The molecule has 0 bridgehead atoms. The van der Waals surface area contributed by atoms with Gasteiger partial charge >= 0.3 is 0 Å². The van der Waals surface area contributed by atoms with E-state index in [1.54, 1.807) is 6.92 Å². The predicted octanol–water partition coefficient (Wildman–Crippen LogP) is -0.765. The van der Waals surface area contributed by atoms with Gasteiger partial charge in [-0.05, 0) is 6.92 Å². The maximum absolute atomic E-state index is 9.64. The Labute approximate surface area is 34.4 Å². The summed E-state index contributed by atoms with van der Waals surface area (Å²) in [4.78, 5) is 0. The highest BCUT2D eigenvalue weighted by atomic mass is 28.2. The van der Waals surface area contributed by atoms with Crippen LogP contribution in [0.5, 0.6) is 0 Å². The molecule has 0 spiro atoms. The van der Waals surface area contributed by atoms with Crippen molar-refractivity contribution < 1.29 is 9.21 Å². The van der Waals surface area contributed by atoms with Crippen LogP contribution in [0.1, 0.15) is 6.92 Å². The molecule has 0 rings (SSSR count). The van der Waals surface area contributed by atoms with Crippen LogP contribution in [0.25, 0.3) is 0 Å². The van der Waals surface area contributed by atoms with Crippen molar-refractivity contribution in [2.24, 2.45) is 0 Å². The number of hydrogen-bond acceptors (Lipinski definition) is 1. The highest BCUT2D eigenvalue weighted by Crippen LogP contribution is 1.30. The van der Waals surface area contributed by atoms with Crippen LogP contribution in [0.4, 0.5) is 4.11 Å². The highest BCUT2D eigenvalue weighted by molar-refractivity contribution is 5.96. The van der Waals surface area contributed by atoms with Crippen molar-refractivity contribution in [2.45, 2.75) is 6.92 Å². The van der Waals surface area contributed by atoms with E-state index in [1.165, 1.54) is 0 Å². The average Bonchev–Trinajstić information content (AvgIpc) is 1.46. The van der Waals surface area contributed by atoms with Crippen LogP contribution in [0.15, 0.2) is 0 Å². The van der Waals surface area contributed by atoms with Crippen LogP contribution in [0, 0.1) is 0 Å². The molecule has 3 heteroatoms. The summed E-state index contributed by atoms with van der Waals surface area (Å²) in [6.45, 7) is 1.93. The zero-order valence-corrected chi connectivity index (χ0v) is 5.53. The maximum atomic E-state index is 9.64. The van der Waals surface area contributed by atoms with Crippen LogP contribution < -0.4 is 0 Å². The third-order valence-electron chi connectivity index (χ3n) is 0. The van der Waals surface area contributed by atoms with Gasteiger partial charge in [-0.25, -0.2) is 0 Å². The summed E-state index contributed by atoms with van der Waals surface area (Å²) >= 11 is 0. The fourth-order valence-electron chi connectivity index (χ4n) is 0. The van der Waals surface area contributed by atoms with Gasteiger partial charge in [0.05, 0.1) is 0 Å². The lowest BCUT2D eigenvalue weighted by atomic mass is 10.9. The summed E-state index contributed by atoms with van der Waals surface area (Å²) in [6.07, 6.45) is 0. The fourth-order valence-corrected chi connectivity index (χ4v) is 0. The lowest BCUT2D eigenvalue weighted by molar-refractivity contribution is 0.318. The molecule has 0 aromatic heterocycles. The van der Waals surface area contributed by atoms with E-state index in [9.17, 15) is 4.11 Å². The van der Waals surface area contributed by atoms with Crippen molar-refractivity contribution in [1.82, 2.24) is 0 Å². The second kappa shape index (κ2) is 32.4.